The molecule has 13 heteroatoms. The lowest BCUT2D eigenvalue weighted by atomic mass is 9.61. The average Bonchev–Trinajstić information content (AvgIpc) is 2.99. The van der Waals surface area contributed by atoms with Crippen molar-refractivity contribution in [3.05, 3.63) is 34.9 Å². The summed E-state index contributed by atoms with van der Waals surface area (Å²) in [6.45, 7) is -1.15. The Morgan fingerprint density at radius 3 is 1.88 bits per heavy atom. The number of rotatable bonds is 9. The largest absolute Gasteiger partial charge is 0.502 e. The topological polar surface area (TPSA) is 197 Å². The highest BCUT2D eigenvalue weighted by atomic mass is 16.7. The molecule has 1 heterocycles. The van der Waals surface area contributed by atoms with Crippen molar-refractivity contribution >= 4 is 0 Å². The number of methoxy groups -OCH3 is 5. The van der Waals surface area contributed by atoms with Crippen LogP contribution in [-0.4, -0.2) is 115 Å². The molecule has 2 unspecified atom stereocenters. The molecule has 0 spiro atoms. The lowest BCUT2D eigenvalue weighted by Gasteiger charge is -2.55. The number of phenolic OH excluding ortho intramolecular Hbond substituents is 2. The van der Waals surface area contributed by atoms with E-state index in [9.17, 15) is 35.7 Å². The predicted octanol–water partition coefficient (Wildman–Crippen LogP) is -0.139. The van der Waals surface area contributed by atoms with Gasteiger partial charge in [0.25, 0.3) is 0 Å². The van der Waals surface area contributed by atoms with E-state index in [1.165, 1.54) is 47.7 Å². The van der Waals surface area contributed by atoms with E-state index < -0.39 is 61.2 Å². The average molecular weight is 583 g/mol. The SMILES string of the molecule is COc1cc([C@H]2c3c(cc(OC)c(O)c3OC)C[C@@H](CO)C2C2(OC)O[C@H](CO)[C@H](O)[C@H](O)[C@H]2O)cc(OC)c1O. The third kappa shape index (κ3) is 4.80. The van der Waals surface area contributed by atoms with E-state index in [1.807, 2.05) is 0 Å². The van der Waals surface area contributed by atoms with E-state index in [2.05, 4.69) is 0 Å². The molecule has 2 aromatic rings. The van der Waals surface area contributed by atoms with Gasteiger partial charge in [0.05, 0.1) is 35.0 Å². The molecular formula is C28H38O13. The molecule has 0 saturated carbocycles. The lowest BCUT2D eigenvalue weighted by Crippen LogP contribution is -2.70. The second-order valence-electron chi connectivity index (χ2n) is 10.1. The van der Waals surface area contributed by atoms with Crippen molar-refractivity contribution < 1.29 is 64.2 Å². The molecule has 0 amide bonds. The molecule has 13 nitrogen and oxygen atoms in total. The van der Waals surface area contributed by atoms with Crippen molar-refractivity contribution in [2.24, 2.45) is 11.8 Å². The Hall–Kier alpha value is -3.04. The van der Waals surface area contributed by atoms with Gasteiger partial charge in [0.1, 0.15) is 24.4 Å². The fourth-order valence-electron chi connectivity index (χ4n) is 6.38. The molecule has 0 radical (unpaired) electrons. The van der Waals surface area contributed by atoms with Crippen LogP contribution in [0.4, 0.5) is 0 Å². The molecule has 228 valence electrons. The molecule has 0 aromatic heterocycles. The molecule has 1 saturated heterocycles. The summed E-state index contributed by atoms with van der Waals surface area (Å²) in [5.41, 5.74) is 1.46. The zero-order chi connectivity index (χ0) is 30.2. The van der Waals surface area contributed by atoms with Crippen LogP contribution in [0.2, 0.25) is 0 Å². The van der Waals surface area contributed by atoms with Crippen LogP contribution >= 0.6 is 0 Å². The molecule has 7 N–H and O–H groups in total. The summed E-state index contributed by atoms with van der Waals surface area (Å²) in [6.07, 6.45) is -6.48. The summed E-state index contributed by atoms with van der Waals surface area (Å²) < 4.78 is 33.8. The van der Waals surface area contributed by atoms with Gasteiger partial charge in [-0.1, -0.05) is 0 Å². The van der Waals surface area contributed by atoms with E-state index in [1.54, 1.807) is 6.07 Å². The van der Waals surface area contributed by atoms with Gasteiger partial charge in [-0.15, -0.1) is 0 Å². The third-order valence-electron chi connectivity index (χ3n) is 8.29. The summed E-state index contributed by atoms with van der Waals surface area (Å²) in [5.74, 6) is -5.18. The van der Waals surface area contributed by atoms with Crippen LogP contribution in [0, 0.1) is 11.8 Å². The zero-order valence-corrected chi connectivity index (χ0v) is 23.5. The van der Waals surface area contributed by atoms with E-state index >= 15 is 0 Å². The number of aliphatic hydroxyl groups excluding tert-OH is 5. The highest BCUT2D eigenvalue weighted by Crippen LogP contribution is 2.58. The van der Waals surface area contributed by atoms with E-state index in [-0.39, 0.29) is 40.9 Å². The molecule has 8 atom stereocenters. The number of hydrogen-bond donors (Lipinski definition) is 7. The quantitative estimate of drug-likeness (QED) is 0.207. The van der Waals surface area contributed by atoms with Gasteiger partial charge >= 0.3 is 0 Å². The summed E-state index contributed by atoms with van der Waals surface area (Å²) in [7, 11) is 6.69. The number of aliphatic hydroxyl groups is 5. The number of fused-ring (bicyclic) bond motifs is 1. The van der Waals surface area contributed by atoms with Crippen molar-refractivity contribution in [1.82, 2.24) is 0 Å². The molecule has 2 aliphatic rings. The van der Waals surface area contributed by atoms with Crippen LogP contribution in [0.25, 0.3) is 0 Å². The Labute approximate surface area is 237 Å². The molecule has 41 heavy (non-hydrogen) atoms. The van der Waals surface area contributed by atoms with Crippen molar-refractivity contribution in [2.75, 3.05) is 48.8 Å². The van der Waals surface area contributed by atoms with Crippen molar-refractivity contribution in [1.29, 1.82) is 0 Å². The number of ether oxygens (including phenoxy) is 6. The number of aromatic hydroxyl groups is 2. The zero-order valence-electron chi connectivity index (χ0n) is 23.5. The fourth-order valence-corrected chi connectivity index (χ4v) is 6.38. The Morgan fingerprint density at radius 1 is 0.805 bits per heavy atom. The number of hydrogen-bond acceptors (Lipinski definition) is 13. The van der Waals surface area contributed by atoms with Gasteiger partial charge in [-0.3, -0.25) is 0 Å². The maximum absolute atomic E-state index is 11.4. The van der Waals surface area contributed by atoms with Crippen LogP contribution in [0.5, 0.6) is 34.5 Å². The smallest absolute Gasteiger partial charge is 0.201 e. The molecule has 2 aromatic carbocycles. The summed E-state index contributed by atoms with van der Waals surface area (Å²) in [4.78, 5) is 0. The first kappa shape index (κ1) is 30.9. The molecule has 1 aliphatic carbocycles. The first-order valence-corrected chi connectivity index (χ1v) is 13.0. The van der Waals surface area contributed by atoms with Crippen molar-refractivity contribution in [3.8, 4) is 34.5 Å². The maximum atomic E-state index is 11.4. The number of phenols is 2. The molecule has 1 fully saturated rings. The second-order valence-corrected chi connectivity index (χ2v) is 10.1. The van der Waals surface area contributed by atoms with Gasteiger partial charge < -0.3 is 64.2 Å². The molecule has 4 rings (SSSR count). The maximum Gasteiger partial charge on any atom is 0.201 e. The van der Waals surface area contributed by atoms with Crippen LogP contribution in [0.1, 0.15) is 22.6 Å². The first-order chi connectivity index (χ1) is 19.6. The third-order valence-corrected chi connectivity index (χ3v) is 8.29. The van der Waals surface area contributed by atoms with Gasteiger partial charge in [-0.2, -0.15) is 0 Å². The van der Waals surface area contributed by atoms with Crippen LogP contribution < -0.4 is 18.9 Å². The fraction of sp³-hybridized carbons (Fsp3) is 0.571. The monoisotopic (exact) mass is 582 g/mol. The van der Waals surface area contributed by atoms with Gasteiger partial charge in [-0.25, -0.2) is 0 Å². The van der Waals surface area contributed by atoms with Gasteiger partial charge in [0.15, 0.2) is 23.0 Å². The van der Waals surface area contributed by atoms with Gasteiger partial charge in [0, 0.05) is 31.1 Å². The Balaban J connectivity index is 2.11. The molecule has 0 bridgehead atoms. The highest BCUT2D eigenvalue weighted by molar-refractivity contribution is 5.64. The van der Waals surface area contributed by atoms with Crippen molar-refractivity contribution in [2.45, 2.75) is 42.5 Å². The van der Waals surface area contributed by atoms with E-state index in [0.717, 1.165) is 0 Å². The normalized spacial score (nSPS) is 31.3. The van der Waals surface area contributed by atoms with Gasteiger partial charge in [-0.05, 0) is 41.7 Å². The van der Waals surface area contributed by atoms with Gasteiger partial charge in [0.2, 0.25) is 17.3 Å². The minimum Gasteiger partial charge on any atom is -0.502 e. The number of benzene rings is 2. The summed E-state index contributed by atoms with van der Waals surface area (Å²) in [6, 6.07) is 4.65. The predicted molar refractivity (Wildman–Crippen MR) is 142 cm³/mol. The second kappa shape index (κ2) is 12.1. The Morgan fingerprint density at radius 2 is 1.39 bits per heavy atom. The van der Waals surface area contributed by atoms with Crippen LogP contribution in [0.3, 0.4) is 0 Å². The summed E-state index contributed by atoms with van der Waals surface area (Å²) >= 11 is 0. The highest BCUT2D eigenvalue weighted by Gasteiger charge is 2.63. The van der Waals surface area contributed by atoms with Crippen LogP contribution in [0.15, 0.2) is 18.2 Å². The molecular weight excluding hydrogens is 544 g/mol. The minimum absolute atomic E-state index is 0.0348. The molecule has 1 aliphatic heterocycles. The van der Waals surface area contributed by atoms with Crippen LogP contribution in [-0.2, 0) is 15.9 Å². The Kier molecular flexibility index (Phi) is 9.09. The van der Waals surface area contributed by atoms with E-state index in [4.69, 9.17) is 28.4 Å². The lowest BCUT2D eigenvalue weighted by molar-refractivity contribution is -0.383. The summed E-state index contributed by atoms with van der Waals surface area (Å²) in [5, 5.41) is 75.3. The standard InChI is InChI=1S/C28H38O13/c1-36-15-8-13(9-16(37-2)22(15)31)19-20-12(7-17(38-3)24(33)26(20)39-4)6-14(10-29)21(19)28(40-5)27(35)25(34)23(32)18(11-30)41-28/h7-9,14,18-19,21,23,25,27,29-35H,6,10-11H2,1-5H3/t14-,18+,19-,21?,23-,25-,27+,28?/m0/s1. The van der Waals surface area contributed by atoms with E-state index in [0.29, 0.717) is 16.7 Å². The van der Waals surface area contributed by atoms with Crippen molar-refractivity contribution in [3.63, 3.8) is 0 Å². The Bertz CT molecular complexity index is 1210. The first-order valence-electron chi connectivity index (χ1n) is 13.0. The minimum atomic E-state index is -2.11.